The minimum absolute atomic E-state index is 0.00363. The number of rotatable bonds is 5. The fraction of sp³-hybridized carbons (Fsp3) is 0.333. The minimum Gasteiger partial charge on any atom is -0.394 e. The second kappa shape index (κ2) is 7.22. The van der Waals surface area contributed by atoms with Crippen molar-refractivity contribution >= 4 is 58.0 Å². The summed E-state index contributed by atoms with van der Waals surface area (Å²) >= 11 is 29.1. The van der Waals surface area contributed by atoms with Gasteiger partial charge in [-0.15, -0.1) is 0 Å². The predicted molar refractivity (Wildman–Crippen MR) is 71.2 cm³/mol. The summed E-state index contributed by atoms with van der Waals surface area (Å²) in [4.78, 5) is 9.44. The largest absolute Gasteiger partial charge is 0.394 e. The summed E-state index contributed by atoms with van der Waals surface area (Å²) in [5.41, 5.74) is 0. The van der Waals surface area contributed by atoms with Crippen molar-refractivity contribution in [3.8, 4) is 5.75 Å². The molecule has 4 nitrogen and oxygen atoms in total. The molecule has 1 aromatic rings. The molecule has 0 radical (unpaired) electrons. The fourth-order valence-electron chi connectivity index (χ4n) is 0.882. The van der Waals surface area contributed by atoms with Crippen LogP contribution in [0.2, 0.25) is 25.1 Å². The highest BCUT2D eigenvalue weighted by atomic mass is 35.5. The van der Waals surface area contributed by atoms with Gasteiger partial charge in [0.2, 0.25) is 5.75 Å². The molecule has 9 heteroatoms. The van der Waals surface area contributed by atoms with Crippen molar-refractivity contribution in [2.24, 2.45) is 0 Å². The van der Waals surface area contributed by atoms with Crippen molar-refractivity contribution < 1.29 is 20.0 Å². The molecule has 18 heavy (non-hydrogen) atoms. The third kappa shape index (κ3) is 3.68. The highest BCUT2D eigenvalue weighted by Gasteiger charge is 2.21. The van der Waals surface area contributed by atoms with Crippen LogP contribution in [0.25, 0.3) is 0 Å². The summed E-state index contributed by atoms with van der Waals surface area (Å²) in [6, 6.07) is 0. The van der Waals surface area contributed by atoms with Crippen LogP contribution in [0, 0.1) is 0 Å². The van der Waals surface area contributed by atoms with Crippen molar-refractivity contribution in [2.45, 2.75) is 6.10 Å². The van der Waals surface area contributed by atoms with Crippen LogP contribution in [-0.2, 0) is 4.89 Å². The van der Waals surface area contributed by atoms with E-state index in [2.05, 4.69) is 4.89 Å². The molecule has 0 aliphatic rings. The van der Waals surface area contributed by atoms with Crippen molar-refractivity contribution in [1.29, 1.82) is 0 Å². The van der Waals surface area contributed by atoms with Gasteiger partial charge in [0.25, 0.3) is 0 Å². The highest BCUT2D eigenvalue weighted by Crippen LogP contribution is 2.48. The quantitative estimate of drug-likeness (QED) is 0.366. The van der Waals surface area contributed by atoms with E-state index < -0.39 is 12.7 Å². The molecule has 1 unspecified atom stereocenters. The highest BCUT2D eigenvalue weighted by molar-refractivity contribution is 6.55. The Hall–Kier alpha value is 0.350. The molecule has 2 N–H and O–H groups in total. The molecule has 1 aromatic carbocycles. The van der Waals surface area contributed by atoms with Gasteiger partial charge in [-0.2, -0.15) is 4.89 Å². The molecule has 0 aliphatic heterocycles. The summed E-state index contributed by atoms with van der Waals surface area (Å²) in [5.74, 6) is -0.122. The first-order valence-corrected chi connectivity index (χ1v) is 6.39. The number of hydrogen-bond acceptors (Lipinski definition) is 4. The van der Waals surface area contributed by atoms with E-state index in [1.165, 1.54) is 0 Å². The van der Waals surface area contributed by atoms with E-state index in [-0.39, 0.29) is 37.5 Å². The van der Waals surface area contributed by atoms with E-state index in [1.807, 2.05) is 0 Å². The molecule has 0 aliphatic carbocycles. The van der Waals surface area contributed by atoms with Crippen LogP contribution in [0.5, 0.6) is 5.75 Å². The van der Waals surface area contributed by atoms with Crippen LogP contribution >= 0.6 is 58.0 Å². The molecule has 0 saturated carbocycles. The molecule has 0 amide bonds. The summed E-state index contributed by atoms with van der Waals surface area (Å²) in [6.07, 6.45) is -1.10. The lowest BCUT2D eigenvalue weighted by molar-refractivity contribution is -0.225. The lowest BCUT2D eigenvalue weighted by Crippen LogP contribution is -2.20. The first kappa shape index (κ1) is 16.4. The van der Waals surface area contributed by atoms with Gasteiger partial charge in [-0.1, -0.05) is 58.0 Å². The van der Waals surface area contributed by atoms with Crippen LogP contribution < -0.4 is 4.89 Å². The maximum absolute atomic E-state index is 9.03. The summed E-state index contributed by atoms with van der Waals surface area (Å²) in [5, 5.41) is 17.4. The fourth-order valence-corrected chi connectivity index (χ4v) is 2.07. The second-order valence-corrected chi connectivity index (χ2v) is 4.99. The third-order valence-corrected chi connectivity index (χ3v) is 4.03. The predicted octanol–water partition coefficient (Wildman–Crippen LogP) is 3.62. The van der Waals surface area contributed by atoms with Gasteiger partial charge in [-0.05, 0) is 0 Å². The van der Waals surface area contributed by atoms with E-state index in [1.54, 1.807) is 0 Å². The van der Waals surface area contributed by atoms with E-state index >= 15 is 0 Å². The van der Waals surface area contributed by atoms with Crippen molar-refractivity contribution in [3.05, 3.63) is 25.1 Å². The minimum atomic E-state index is -1.10. The zero-order valence-corrected chi connectivity index (χ0v) is 12.4. The first-order chi connectivity index (χ1) is 8.40. The van der Waals surface area contributed by atoms with Gasteiger partial charge in [0.05, 0.1) is 21.7 Å². The molecule has 0 saturated heterocycles. The maximum atomic E-state index is 9.03. The molecular weight excluding hydrogens is 349 g/mol. The van der Waals surface area contributed by atoms with E-state index in [4.69, 9.17) is 73.1 Å². The molecule has 0 heterocycles. The molecule has 0 aromatic heterocycles. The third-order valence-electron chi connectivity index (χ3n) is 1.78. The lowest BCUT2D eigenvalue weighted by Gasteiger charge is -2.13. The van der Waals surface area contributed by atoms with Crippen LogP contribution in [0.3, 0.4) is 0 Å². The Bertz CT molecular complexity index is 410. The second-order valence-electron chi connectivity index (χ2n) is 3.10. The Morgan fingerprint density at radius 2 is 1.33 bits per heavy atom. The van der Waals surface area contributed by atoms with Gasteiger partial charge >= 0.3 is 0 Å². The van der Waals surface area contributed by atoms with Crippen LogP contribution in [0.15, 0.2) is 0 Å². The zero-order valence-electron chi connectivity index (χ0n) is 8.59. The van der Waals surface area contributed by atoms with E-state index in [0.717, 1.165) is 0 Å². The molecule has 1 atom stereocenters. The number of aliphatic hydroxyl groups is 2. The topological polar surface area (TPSA) is 58.9 Å². The summed E-state index contributed by atoms with van der Waals surface area (Å²) in [6.45, 7) is -0.770. The van der Waals surface area contributed by atoms with Gasteiger partial charge in [0, 0.05) is 0 Å². The molecule has 0 spiro atoms. The molecule has 102 valence electrons. The first-order valence-electron chi connectivity index (χ1n) is 4.50. The standard InChI is InChI=1S/C9H7Cl5O4/c10-4-5(11)7(13)9(8(14)6(4)12)18-17-2-3(16)1-15/h3,15-16H,1-2H2. The number of halogens is 5. The van der Waals surface area contributed by atoms with E-state index in [0.29, 0.717) is 0 Å². The number of benzene rings is 1. The van der Waals surface area contributed by atoms with Gasteiger partial charge in [0.1, 0.15) is 22.8 Å². The van der Waals surface area contributed by atoms with Gasteiger partial charge < -0.3 is 15.1 Å². The number of aliphatic hydroxyl groups excluding tert-OH is 2. The zero-order chi connectivity index (χ0) is 13.9. The molecule has 0 bridgehead atoms. The monoisotopic (exact) mass is 354 g/mol. The molecule has 0 fully saturated rings. The van der Waals surface area contributed by atoms with Crippen molar-refractivity contribution in [3.63, 3.8) is 0 Å². The average Bonchev–Trinajstić information content (AvgIpc) is 2.37. The van der Waals surface area contributed by atoms with Crippen molar-refractivity contribution in [1.82, 2.24) is 0 Å². The SMILES string of the molecule is OCC(O)COOc1c(Cl)c(Cl)c(Cl)c(Cl)c1Cl. The summed E-state index contributed by atoms with van der Waals surface area (Å²) < 4.78 is 0. The summed E-state index contributed by atoms with van der Waals surface area (Å²) in [7, 11) is 0. The Morgan fingerprint density at radius 1 is 0.889 bits per heavy atom. The van der Waals surface area contributed by atoms with E-state index in [9.17, 15) is 0 Å². The number of hydrogen-bond donors (Lipinski definition) is 2. The Kier molecular flexibility index (Phi) is 6.58. The maximum Gasteiger partial charge on any atom is 0.205 e. The van der Waals surface area contributed by atoms with Crippen LogP contribution in [-0.4, -0.2) is 29.5 Å². The smallest absolute Gasteiger partial charge is 0.205 e. The Labute approximate surface area is 128 Å². The molecular formula is C9H7Cl5O4. The van der Waals surface area contributed by atoms with Crippen molar-refractivity contribution in [2.75, 3.05) is 13.2 Å². The van der Waals surface area contributed by atoms with Gasteiger partial charge in [-0.3, -0.25) is 0 Å². The Morgan fingerprint density at radius 3 is 1.78 bits per heavy atom. The molecule has 1 rings (SSSR count). The van der Waals surface area contributed by atoms with Gasteiger partial charge in [0.15, 0.2) is 0 Å². The average molecular weight is 356 g/mol. The van der Waals surface area contributed by atoms with Crippen LogP contribution in [0.4, 0.5) is 0 Å². The Balaban J connectivity index is 2.89. The van der Waals surface area contributed by atoms with Crippen LogP contribution in [0.1, 0.15) is 0 Å². The van der Waals surface area contributed by atoms with Gasteiger partial charge in [-0.25, -0.2) is 0 Å². The normalized spacial score (nSPS) is 12.6. The lowest BCUT2D eigenvalue weighted by atomic mass is 10.3.